The molecule has 0 spiro atoms. The molecule has 0 radical (unpaired) electrons. The highest BCUT2D eigenvalue weighted by atomic mass is 35.5. The second-order valence-electron chi connectivity index (χ2n) is 8.36. The number of aromatic nitrogens is 9. The fourth-order valence-corrected chi connectivity index (χ4v) is 4.78. The highest BCUT2D eigenvalue weighted by Crippen LogP contribution is 2.21. The number of hydrogen-bond donors (Lipinski definition) is 3. The molecule has 3 N–H and O–H groups in total. The molecule has 2 amide bonds. The topological polar surface area (TPSA) is 153 Å². The van der Waals surface area contributed by atoms with Gasteiger partial charge in [-0.05, 0) is 18.2 Å². The maximum absolute atomic E-state index is 12.1. The van der Waals surface area contributed by atoms with Crippen molar-refractivity contribution in [2.24, 2.45) is 14.1 Å². The molecular formula is C24H22Cl2N12OS. The molecule has 1 aromatic carbocycles. The molecule has 0 saturated carbocycles. The molecule has 0 unspecified atom stereocenters. The molecule has 5 heterocycles. The number of fused-ring (bicyclic) bond motifs is 2. The number of hydrogen-bond acceptors (Lipinski definition) is 10. The van der Waals surface area contributed by atoms with Crippen molar-refractivity contribution >= 4 is 79.3 Å². The lowest BCUT2D eigenvalue weighted by atomic mass is 10.3. The van der Waals surface area contributed by atoms with E-state index in [2.05, 4.69) is 51.1 Å². The van der Waals surface area contributed by atoms with Crippen LogP contribution in [0, 0.1) is 0 Å². The van der Waals surface area contributed by atoms with Gasteiger partial charge in [0, 0.05) is 48.8 Å². The lowest BCUT2D eigenvalue weighted by Gasteiger charge is -2.05. The second-order valence-corrected chi connectivity index (χ2v) is 10.3. The van der Waals surface area contributed by atoms with E-state index < -0.39 is 0 Å². The van der Waals surface area contributed by atoms with Crippen LogP contribution < -0.4 is 16.0 Å². The molecule has 13 nitrogen and oxygen atoms in total. The van der Waals surface area contributed by atoms with Crippen LogP contribution in [-0.4, -0.2) is 57.1 Å². The van der Waals surface area contributed by atoms with Gasteiger partial charge in [-0.2, -0.15) is 10.2 Å². The highest BCUT2D eigenvalue weighted by Gasteiger charge is 2.10. The average molecular weight is 597 g/mol. The van der Waals surface area contributed by atoms with Gasteiger partial charge in [-0.1, -0.05) is 29.3 Å². The Morgan fingerprint density at radius 1 is 0.925 bits per heavy atom. The Kier molecular flexibility index (Phi) is 8.28. The summed E-state index contributed by atoms with van der Waals surface area (Å²) in [5.41, 5.74) is 3.56. The zero-order valence-corrected chi connectivity index (χ0v) is 23.5. The fourth-order valence-electron chi connectivity index (χ4n) is 3.61. The zero-order chi connectivity index (χ0) is 28.1. The van der Waals surface area contributed by atoms with Crippen molar-refractivity contribution < 1.29 is 4.79 Å². The van der Waals surface area contributed by atoms with E-state index in [9.17, 15) is 4.79 Å². The number of rotatable bonds is 6. The van der Waals surface area contributed by atoms with Crippen LogP contribution >= 0.6 is 34.5 Å². The van der Waals surface area contributed by atoms with Crippen molar-refractivity contribution in [2.45, 2.75) is 6.42 Å². The van der Waals surface area contributed by atoms with Crippen molar-refractivity contribution in [3.63, 3.8) is 0 Å². The first-order valence-corrected chi connectivity index (χ1v) is 13.4. The first kappa shape index (κ1) is 27.2. The number of anilines is 3. The molecule has 0 aliphatic carbocycles. The van der Waals surface area contributed by atoms with Crippen LogP contribution in [0.2, 0.25) is 10.2 Å². The zero-order valence-electron chi connectivity index (χ0n) is 21.2. The van der Waals surface area contributed by atoms with Gasteiger partial charge in [0.15, 0.2) is 21.6 Å². The number of urea groups is 1. The molecule has 0 fully saturated rings. The summed E-state index contributed by atoms with van der Waals surface area (Å²) in [4.78, 5) is 33.6. The van der Waals surface area contributed by atoms with Crippen LogP contribution in [0.5, 0.6) is 0 Å². The van der Waals surface area contributed by atoms with Crippen LogP contribution in [0.1, 0.15) is 4.88 Å². The minimum Gasteiger partial charge on any atom is -0.368 e. The summed E-state index contributed by atoms with van der Waals surface area (Å²) in [6.07, 6.45) is 9.05. The number of benzene rings is 1. The summed E-state index contributed by atoms with van der Waals surface area (Å²) in [5.74, 6) is 0.694. The number of halogens is 2. The van der Waals surface area contributed by atoms with Gasteiger partial charge in [0.05, 0.1) is 12.4 Å². The van der Waals surface area contributed by atoms with E-state index >= 15 is 0 Å². The van der Waals surface area contributed by atoms with Crippen LogP contribution in [0.4, 0.5) is 21.4 Å². The quantitative estimate of drug-likeness (QED) is 0.230. The third kappa shape index (κ3) is 6.77. The maximum Gasteiger partial charge on any atom is 0.325 e. The van der Waals surface area contributed by atoms with E-state index in [1.165, 1.54) is 24.0 Å². The fraction of sp³-hybridized carbons (Fsp3) is 0.167. The second kappa shape index (κ2) is 12.2. The number of thiazole rings is 1. The van der Waals surface area contributed by atoms with Gasteiger partial charge in [-0.15, -0.1) is 11.3 Å². The molecule has 6 aromatic rings. The van der Waals surface area contributed by atoms with Gasteiger partial charge in [0.1, 0.15) is 29.2 Å². The normalized spacial score (nSPS) is 10.8. The number of carbonyl (C=O) groups is 1. The standard InChI is InChI=1S/C18H17ClN8OS.C6H5ClN4/c1-27-9-14-15(26-27)16(23-10-22-14)20-6-5-13-8-21-18(29-13)25-17(28)24-12-4-2-3-11(19)7-12;1-11-2-4-5(10-11)6(7)9-3-8-4/h2-4,7-10H,5-6H2,1H3,(H,20,22,23)(H2,21,24,25,28);2-3H,1H3. The Labute approximate surface area is 241 Å². The Morgan fingerprint density at radius 3 is 2.40 bits per heavy atom. The monoisotopic (exact) mass is 596 g/mol. The Morgan fingerprint density at radius 2 is 1.65 bits per heavy atom. The number of nitrogens with zero attached hydrogens (tertiary/aromatic N) is 9. The van der Waals surface area contributed by atoms with Gasteiger partial charge in [-0.3, -0.25) is 14.7 Å². The number of amides is 2. The maximum atomic E-state index is 12.1. The predicted molar refractivity (Wildman–Crippen MR) is 156 cm³/mol. The van der Waals surface area contributed by atoms with E-state index in [0.717, 1.165) is 27.8 Å². The Hall–Kier alpha value is -4.40. The molecule has 5 aromatic heterocycles. The van der Waals surface area contributed by atoms with Crippen molar-refractivity contribution in [2.75, 3.05) is 22.5 Å². The smallest absolute Gasteiger partial charge is 0.325 e. The Balaban J connectivity index is 0.000000244. The van der Waals surface area contributed by atoms with Crippen molar-refractivity contribution in [3.8, 4) is 0 Å². The Bertz CT molecular complexity index is 1780. The summed E-state index contributed by atoms with van der Waals surface area (Å²) in [6, 6.07) is 6.57. The molecule has 204 valence electrons. The summed E-state index contributed by atoms with van der Waals surface area (Å²) < 4.78 is 3.37. The first-order valence-electron chi connectivity index (χ1n) is 11.8. The predicted octanol–water partition coefficient (Wildman–Crippen LogP) is 4.79. The van der Waals surface area contributed by atoms with Gasteiger partial charge < -0.3 is 10.6 Å². The third-order valence-electron chi connectivity index (χ3n) is 5.31. The summed E-state index contributed by atoms with van der Waals surface area (Å²) in [7, 11) is 3.66. The van der Waals surface area contributed by atoms with Gasteiger partial charge in [-0.25, -0.2) is 29.7 Å². The number of carbonyl (C=O) groups excluding carboxylic acids is 1. The van der Waals surface area contributed by atoms with E-state index in [-0.39, 0.29) is 6.03 Å². The van der Waals surface area contributed by atoms with Crippen molar-refractivity contribution in [1.82, 2.24) is 44.5 Å². The molecule has 40 heavy (non-hydrogen) atoms. The van der Waals surface area contributed by atoms with E-state index in [0.29, 0.717) is 38.9 Å². The summed E-state index contributed by atoms with van der Waals surface area (Å²) in [6.45, 7) is 0.652. The number of nitrogens with one attached hydrogen (secondary N) is 3. The third-order valence-corrected chi connectivity index (χ3v) is 6.79. The lowest BCUT2D eigenvalue weighted by molar-refractivity contribution is 0.262. The van der Waals surface area contributed by atoms with E-state index in [4.69, 9.17) is 23.2 Å². The average Bonchev–Trinajstić information content (AvgIpc) is 3.62. The van der Waals surface area contributed by atoms with Crippen LogP contribution in [0.15, 0.2) is 55.5 Å². The largest absolute Gasteiger partial charge is 0.368 e. The molecule has 0 aliphatic heterocycles. The van der Waals surface area contributed by atoms with Gasteiger partial charge >= 0.3 is 6.03 Å². The molecule has 0 saturated heterocycles. The summed E-state index contributed by atoms with van der Waals surface area (Å²) >= 11 is 13.1. The van der Waals surface area contributed by atoms with E-state index in [1.807, 2.05) is 20.3 Å². The van der Waals surface area contributed by atoms with Gasteiger partial charge in [0.2, 0.25) is 0 Å². The minimum atomic E-state index is -0.371. The SMILES string of the molecule is Cn1cc2ncnc(Cl)c2n1.Cn1cc2ncnc(NCCc3cnc(NC(=O)Nc4cccc(Cl)c4)s3)c2n1. The van der Waals surface area contributed by atoms with Crippen LogP contribution in [-0.2, 0) is 20.5 Å². The van der Waals surface area contributed by atoms with E-state index in [1.54, 1.807) is 46.0 Å². The van der Waals surface area contributed by atoms with Gasteiger partial charge in [0.25, 0.3) is 0 Å². The first-order chi connectivity index (χ1) is 19.3. The van der Waals surface area contributed by atoms with Crippen LogP contribution in [0.3, 0.4) is 0 Å². The molecule has 0 atom stereocenters. The lowest BCUT2D eigenvalue weighted by Crippen LogP contribution is -2.19. The molecule has 16 heteroatoms. The molecule has 0 bridgehead atoms. The minimum absolute atomic E-state index is 0.371. The summed E-state index contributed by atoms with van der Waals surface area (Å²) in [5, 5.41) is 18.6. The van der Waals surface area contributed by atoms with Crippen LogP contribution in [0.25, 0.3) is 22.1 Å². The highest BCUT2D eigenvalue weighted by molar-refractivity contribution is 7.15. The molecular weight excluding hydrogens is 575 g/mol. The van der Waals surface area contributed by atoms with Crippen molar-refractivity contribution in [1.29, 1.82) is 0 Å². The molecule has 0 aliphatic rings. The molecule has 6 rings (SSSR count). The van der Waals surface area contributed by atoms with Crippen molar-refractivity contribution in [3.05, 3.63) is 70.6 Å². The number of aryl methyl sites for hydroxylation is 2.